The fourth-order valence-corrected chi connectivity index (χ4v) is 2.61. The lowest BCUT2D eigenvalue weighted by molar-refractivity contribution is 0.0728. The molecule has 0 aliphatic rings. The van der Waals surface area contributed by atoms with Crippen LogP contribution >= 0.6 is 0 Å². The number of halogens is 1. The molecule has 1 heterocycles. The monoisotopic (exact) mass is 354 g/mol. The van der Waals surface area contributed by atoms with Crippen LogP contribution in [0.15, 0.2) is 36.5 Å². The Balaban J connectivity index is 1.84. The molecule has 0 aliphatic heterocycles. The molecule has 0 spiro atoms. The Hall–Kier alpha value is -2.74. The van der Waals surface area contributed by atoms with E-state index in [0.29, 0.717) is 0 Å². The van der Waals surface area contributed by atoms with Crippen LogP contribution in [0.3, 0.4) is 0 Å². The molecular weight excluding hydrogens is 331 g/mol. The van der Waals surface area contributed by atoms with Gasteiger partial charge >= 0.3 is 5.97 Å². The summed E-state index contributed by atoms with van der Waals surface area (Å²) in [5.74, 6) is -1.33. The number of pyridine rings is 1. The summed E-state index contributed by atoms with van der Waals surface area (Å²) >= 11 is 0. The molecule has 26 heavy (non-hydrogen) atoms. The highest BCUT2D eigenvalue weighted by Crippen LogP contribution is 2.17. The van der Waals surface area contributed by atoms with Gasteiger partial charge in [0.15, 0.2) is 0 Å². The van der Waals surface area contributed by atoms with Crippen molar-refractivity contribution in [3.63, 3.8) is 0 Å². The summed E-state index contributed by atoms with van der Waals surface area (Å²) in [7, 11) is 0. The number of ether oxygens (including phenoxy) is 1. The first-order chi connectivity index (χ1) is 12.6. The van der Waals surface area contributed by atoms with Crippen molar-refractivity contribution < 1.29 is 13.9 Å². The van der Waals surface area contributed by atoms with Crippen LogP contribution in [0.4, 0.5) is 4.39 Å². The van der Waals surface area contributed by atoms with Crippen molar-refractivity contribution in [1.29, 1.82) is 5.26 Å². The molecule has 0 amide bonds. The smallest absolute Gasteiger partial charge is 0.362 e. The Morgan fingerprint density at radius 2 is 1.92 bits per heavy atom. The van der Waals surface area contributed by atoms with Gasteiger partial charge in [0, 0.05) is 12.3 Å². The van der Waals surface area contributed by atoms with Crippen molar-refractivity contribution in [3.05, 3.63) is 59.2 Å². The first-order valence-electron chi connectivity index (χ1n) is 9.00. The number of esters is 1. The number of aromatic nitrogens is 1. The van der Waals surface area contributed by atoms with Gasteiger partial charge in [0.1, 0.15) is 23.3 Å². The summed E-state index contributed by atoms with van der Waals surface area (Å²) in [6.45, 7) is 2.20. The number of nitriles is 1. The normalized spacial score (nSPS) is 10.3. The molecule has 0 aliphatic carbocycles. The zero-order valence-corrected chi connectivity index (χ0v) is 15.0. The van der Waals surface area contributed by atoms with E-state index in [4.69, 9.17) is 10.00 Å². The van der Waals surface area contributed by atoms with Gasteiger partial charge in [-0.15, -0.1) is 0 Å². The summed E-state index contributed by atoms with van der Waals surface area (Å²) in [5.41, 5.74) is 1.16. The summed E-state index contributed by atoms with van der Waals surface area (Å²) < 4.78 is 18.6. The number of carbonyl (C=O) groups is 1. The topological polar surface area (TPSA) is 63.0 Å². The number of nitrogens with zero attached hydrogens (tertiary/aromatic N) is 2. The molecule has 4 nitrogen and oxygen atoms in total. The molecule has 2 rings (SSSR count). The highest BCUT2D eigenvalue weighted by Gasteiger charge is 2.12. The minimum atomic E-state index is -0.722. The Morgan fingerprint density at radius 3 is 2.58 bits per heavy atom. The van der Waals surface area contributed by atoms with Gasteiger partial charge in [-0.25, -0.2) is 14.2 Å². The molecular formula is C21H23FN2O2. The standard InChI is InChI=1S/C21H23FN2O2/c1-2-3-4-5-6-7-8-16-9-12-20(24-15-16)21(25)26-18-11-10-17(14-23)19(22)13-18/h9-13,15H,2-8H2,1H3. The molecule has 2 aromatic rings. The molecule has 0 fully saturated rings. The Bertz CT molecular complexity index is 767. The Kier molecular flexibility index (Phi) is 7.75. The first-order valence-corrected chi connectivity index (χ1v) is 9.00. The van der Waals surface area contributed by atoms with E-state index in [2.05, 4.69) is 11.9 Å². The third-order valence-corrected chi connectivity index (χ3v) is 4.12. The van der Waals surface area contributed by atoms with E-state index >= 15 is 0 Å². The lowest BCUT2D eigenvalue weighted by Gasteiger charge is -2.06. The molecule has 0 saturated carbocycles. The van der Waals surface area contributed by atoms with E-state index in [1.165, 1.54) is 44.2 Å². The van der Waals surface area contributed by atoms with Crippen molar-refractivity contribution in [2.24, 2.45) is 0 Å². The summed E-state index contributed by atoms with van der Waals surface area (Å²) in [4.78, 5) is 16.2. The van der Waals surface area contributed by atoms with Crippen LogP contribution in [0.5, 0.6) is 5.75 Å². The average Bonchev–Trinajstić information content (AvgIpc) is 2.65. The van der Waals surface area contributed by atoms with Crippen LogP contribution < -0.4 is 4.74 Å². The van der Waals surface area contributed by atoms with Gasteiger partial charge in [0.25, 0.3) is 0 Å². The molecule has 1 aromatic carbocycles. The van der Waals surface area contributed by atoms with E-state index < -0.39 is 11.8 Å². The predicted molar refractivity (Wildman–Crippen MR) is 97.4 cm³/mol. The molecule has 0 atom stereocenters. The van der Waals surface area contributed by atoms with E-state index in [0.717, 1.165) is 24.5 Å². The third-order valence-electron chi connectivity index (χ3n) is 4.12. The van der Waals surface area contributed by atoms with Gasteiger partial charge in [-0.1, -0.05) is 45.1 Å². The van der Waals surface area contributed by atoms with Crippen molar-refractivity contribution >= 4 is 5.97 Å². The van der Waals surface area contributed by atoms with Gasteiger partial charge in [-0.05, 0) is 36.6 Å². The molecule has 0 bridgehead atoms. The zero-order chi connectivity index (χ0) is 18.8. The van der Waals surface area contributed by atoms with Crippen LogP contribution in [-0.2, 0) is 6.42 Å². The van der Waals surface area contributed by atoms with Crippen molar-refractivity contribution in [1.82, 2.24) is 4.98 Å². The molecule has 1 aromatic heterocycles. The lowest BCUT2D eigenvalue weighted by atomic mass is 10.1. The molecule has 136 valence electrons. The minimum absolute atomic E-state index is 0.0458. The van der Waals surface area contributed by atoms with Gasteiger partial charge in [-0.3, -0.25) is 0 Å². The first kappa shape index (κ1) is 19.6. The van der Waals surface area contributed by atoms with Crippen LogP contribution in [0.25, 0.3) is 0 Å². The van der Waals surface area contributed by atoms with E-state index in [-0.39, 0.29) is 17.0 Å². The molecule has 0 unspecified atom stereocenters. The van der Waals surface area contributed by atoms with E-state index in [1.54, 1.807) is 18.3 Å². The zero-order valence-electron chi connectivity index (χ0n) is 15.0. The maximum Gasteiger partial charge on any atom is 0.362 e. The lowest BCUT2D eigenvalue weighted by Crippen LogP contribution is -2.11. The van der Waals surface area contributed by atoms with Crippen molar-refractivity contribution in [2.45, 2.75) is 51.9 Å². The minimum Gasteiger partial charge on any atom is -0.422 e. The van der Waals surface area contributed by atoms with Crippen molar-refractivity contribution in [3.8, 4) is 11.8 Å². The maximum absolute atomic E-state index is 13.5. The second-order valence-corrected chi connectivity index (χ2v) is 6.21. The van der Waals surface area contributed by atoms with Gasteiger partial charge in [-0.2, -0.15) is 5.26 Å². The quantitative estimate of drug-likeness (QED) is 0.352. The van der Waals surface area contributed by atoms with E-state index in [9.17, 15) is 9.18 Å². The van der Waals surface area contributed by atoms with Crippen LogP contribution in [0, 0.1) is 17.1 Å². The number of benzene rings is 1. The van der Waals surface area contributed by atoms with Gasteiger partial charge < -0.3 is 4.74 Å². The third kappa shape index (κ3) is 5.96. The summed E-state index contributed by atoms with van der Waals surface area (Å²) in [5, 5.41) is 8.70. The largest absolute Gasteiger partial charge is 0.422 e. The highest BCUT2D eigenvalue weighted by atomic mass is 19.1. The molecule has 0 saturated heterocycles. The number of hydrogen-bond donors (Lipinski definition) is 0. The second-order valence-electron chi connectivity index (χ2n) is 6.21. The summed E-state index contributed by atoms with van der Waals surface area (Å²) in [6.07, 6.45) is 10.0. The maximum atomic E-state index is 13.5. The van der Waals surface area contributed by atoms with Gasteiger partial charge in [0.05, 0.1) is 5.56 Å². The number of aryl methyl sites for hydroxylation is 1. The second kappa shape index (κ2) is 10.3. The Labute approximate surface area is 153 Å². The average molecular weight is 354 g/mol. The number of carbonyl (C=O) groups excluding carboxylic acids is 1. The molecule has 0 N–H and O–H groups in total. The van der Waals surface area contributed by atoms with E-state index in [1.807, 2.05) is 6.07 Å². The molecule has 5 heteroatoms. The van der Waals surface area contributed by atoms with Crippen LogP contribution in [0.1, 0.15) is 67.1 Å². The van der Waals surface area contributed by atoms with Crippen molar-refractivity contribution in [2.75, 3.05) is 0 Å². The fourth-order valence-electron chi connectivity index (χ4n) is 2.61. The fraction of sp³-hybridized carbons (Fsp3) is 0.381. The van der Waals surface area contributed by atoms with Crippen LogP contribution in [-0.4, -0.2) is 11.0 Å². The Morgan fingerprint density at radius 1 is 1.15 bits per heavy atom. The highest BCUT2D eigenvalue weighted by molar-refractivity contribution is 5.88. The number of hydrogen-bond acceptors (Lipinski definition) is 4. The molecule has 0 radical (unpaired) electrons. The van der Waals surface area contributed by atoms with Crippen LogP contribution in [0.2, 0.25) is 0 Å². The number of rotatable bonds is 9. The SMILES string of the molecule is CCCCCCCCc1ccc(C(=O)Oc2ccc(C#N)c(F)c2)nc1. The van der Waals surface area contributed by atoms with Gasteiger partial charge in [0.2, 0.25) is 0 Å². The number of unbranched alkanes of at least 4 members (excludes halogenated alkanes) is 5. The predicted octanol–water partition coefficient (Wildman–Crippen LogP) is 5.21. The summed E-state index contributed by atoms with van der Waals surface area (Å²) in [6, 6.07) is 8.88.